The third kappa shape index (κ3) is 7.44. The fourth-order valence-electron chi connectivity index (χ4n) is 5.55. The van der Waals surface area contributed by atoms with Gasteiger partial charge < -0.3 is 10.2 Å². The predicted octanol–water partition coefficient (Wildman–Crippen LogP) is 5.51. The number of hydrogen-bond acceptors (Lipinski definition) is 6. The summed E-state index contributed by atoms with van der Waals surface area (Å²) in [6.45, 7) is 9.38. The molecule has 0 radical (unpaired) electrons. The highest BCUT2D eigenvalue weighted by Gasteiger charge is 2.26. The second-order valence-corrected chi connectivity index (χ2v) is 12.4. The van der Waals surface area contributed by atoms with Crippen molar-refractivity contribution in [3.63, 3.8) is 0 Å². The maximum atomic E-state index is 13.0. The molecule has 2 saturated heterocycles. The number of carbonyl (C=O) groups is 1. The van der Waals surface area contributed by atoms with Gasteiger partial charge in [-0.15, -0.1) is 11.3 Å². The highest BCUT2D eigenvalue weighted by molar-refractivity contribution is 9.10. The second-order valence-electron chi connectivity index (χ2n) is 10.6. The minimum Gasteiger partial charge on any atom is -0.360 e. The summed E-state index contributed by atoms with van der Waals surface area (Å²) < 4.78 is 1.13. The molecule has 6 nitrogen and oxygen atoms in total. The standard InChI is InChI=1S/C30H38BrN5OS/c1-23(18-24-6-3-2-4-7-24)29(37)35-16-14-34(15-17-35)21-27-22-38-30(33-27)32-19-28-8-5-13-36(28)20-25-9-11-26(31)12-10-25/h2-4,6-7,9-12,22-23,28H,5,8,13-21H2,1H3,(H,32,33). The van der Waals surface area contributed by atoms with Gasteiger partial charge in [0.1, 0.15) is 0 Å². The summed E-state index contributed by atoms with van der Waals surface area (Å²) in [7, 11) is 0. The third-order valence-corrected chi connectivity index (χ3v) is 9.09. The summed E-state index contributed by atoms with van der Waals surface area (Å²) in [5.41, 5.74) is 3.71. The van der Waals surface area contributed by atoms with E-state index in [-0.39, 0.29) is 11.8 Å². The lowest BCUT2D eigenvalue weighted by Crippen LogP contribution is -2.49. The zero-order valence-corrected chi connectivity index (χ0v) is 24.6. The van der Waals surface area contributed by atoms with Gasteiger partial charge in [-0.2, -0.15) is 0 Å². The molecule has 2 aliphatic rings. The number of nitrogens with one attached hydrogen (secondary N) is 1. The summed E-state index contributed by atoms with van der Waals surface area (Å²) in [5.74, 6) is 0.288. The van der Waals surface area contributed by atoms with Crippen molar-refractivity contribution < 1.29 is 4.79 Å². The first kappa shape index (κ1) is 27.3. The number of thiazole rings is 1. The number of piperazine rings is 1. The zero-order chi connectivity index (χ0) is 26.3. The molecule has 3 heterocycles. The highest BCUT2D eigenvalue weighted by Crippen LogP contribution is 2.23. The summed E-state index contributed by atoms with van der Waals surface area (Å²) >= 11 is 5.23. The van der Waals surface area contributed by atoms with Crippen LogP contribution in [0.15, 0.2) is 64.5 Å². The van der Waals surface area contributed by atoms with Gasteiger partial charge in [0.15, 0.2) is 5.13 Å². The summed E-state index contributed by atoms with van der Waals surface area (Å²) in [6, 6.07) is 19.5. The van der Waals surface area contributed by atoms with Gasteiger partial charge in [-0.05, 0) is 49.1 Å². The van der Waals surface area contributed by atoms with E-state index in [9.17, 15) is 4.79 Å². The van der Waals surface area contributed by atoms with Crippen LogP contribution >= 0.6 is 27.3 Å². The van der Waals surface area contributed by atoms with Crippen molar-refractivity contribution in [3.05, 3.63) is 81.3 Å². The largest absolute Gasteiger partial charge is 0.360 e. The van der Waals surface area contributed by atoms with Gasteiger partial charge in [0.2, 0.25) is 5.91 Å². The Hall–Kier alpha value is -2.26. The predicted molar refractivity (Wildman–Crippen MR) is 159 cm³/mol. The van der Waals surface area contributed by atoms with Gasteiger partial charge in [0.25, 0.3) is 0 Å². The number of rotatable bonds is 10. The second kappa shape index (κ2) is 13.2. The molecule has 0 aliphatic carbocycles. The summed E-state index contributed by atoms with van der Waals surface area (Å²) in [5, 5.41) is 6.80. The normalized spacial score (nSPS) is 19.5. The van der Waals surface area contributed by atoms with E-state index in [1.807, 2.05) is 23.1 Å². The Labute approximate surface area is 239 Å². The number of benzene rings is 2. The van der Waals surface area contributed by atoms with Crippen molar-refractivity contribution in [2.45, 2.75) is 45.3 Å². The lowest BCUT2D eigenvalue weighted by molar-refractivity contribution is -0.136. The molecule has 8 heteroatoms. The molecule has 2 fully saturated rings. The molecular formula is C30H38BrN5OS. The van der Waals surface area contributed by atoms with Crippen molar-refractivity contribution in [2.24, 2.45) is 5.92 Å². The van der Waals surface area contributed by atoms with E-state index in [1.54, 1.807) is 11.3 Å². The Morgan fingerprint density at radius 3 is 2.55 bits per heavy atom. The molecule has 2 aromatic carbocycles. The topological polar surface area (TPSA) is 51.7 Å². The Balaban J connectivity index is 1.04. The van der Waals surface area contributed by atoms with E-state index in [0.717, 1.165) is 74.1 Å². The molecule has 1 aromatic heterocycles. The smallest absolute Gasteiger partial charge is 0.225 e. The van der Waals surface area contributed by atoms with Crippen LogP contribution in [-0.4, -0.2) is 70.9 Å². The fraction of sp³-hybridized carbons (Fsp3) is 0.467. The molecule has 38 heavy (non-hydrogen) atoms. The number of hydrogen-bond donors (Lipinski definition) is 1. The number of likely N-dealkylation sites (tertiary alicyclic amines) is 1. The Morgan fingerprint density at radius 2 is 1.79 bits per heavy atom. The molecule has 5 rings (SSSR count). The van der Waals surface area contributed by atoms with Gasteiger partial charge >= 0.3 is 0 Å². The Morgan fingerprint density at radius 1 is 1.03 bits per heavy atom. The minimum absolute atomic E-state index is 0.0155. The van der Waals surface area contributed by atoms with Crippen LogP contribution in [0.2, 0.25) is 0 Å². The average molecular weight is 597 g/mol. The van der Waals surface area contributed by atoms with Crippen LogP contribution in [0.25, 0.3) is 0 Å². The molecule has 2 aliphatic heterocycles. The summed E-state index contributed by atoms with van der Waals surface area (Å²) in [4.78, 5) is 24.9. The highest BCUT2D eigenvalue weighted by atomic mass is 79.9. The zero-order valence-electron chi connectivity index (χ0n) is 22.2. The molecule has 202 valence electrons. The van der Waals surface area contributed by atoms with Gasteiger partial charge in [-0.1, -0.05) is 65.3 Å². The van der Waals surface area contributed by atoms with Crippen LogP contribution in [0, 0.1) is 5.92 Å². The number of amides is 1. The van der Waals surface area contributed by atoms with Crippen LogP contribution in [0.3, 0.4) is 0 Å². The molecule has 2 atom stereocenters. The molecule has 1 N–H and O–H groups in total. The first-order valence-corrected chi connectivity index (χ1v) is 15.4. The maximum Gasteiger partial charge on any atom is 0.225 e. The number of anilines is 1. The van der Waals surface area contributed by atoms with Crippen LogP contribution in [0.1, 0.15) is 36.6 Å². The number of carbonyl (C=O) groups excluding carboxylic acids is 1. The van der Waals surface area contributed by atoms with E-state index < -0.39 is 0 Å². The van der Waals surface area contributed by atoms with Crippen molar-refractivity contribution in [3.8, 4) is 0 Å². The van der Waals surface area contributed by atoms with E-state index in [1.165, 1.54) is 24.0 Å². The van der Waals surface area contributed by atoms with Crippen LogP contribution in [-0.2, 0) is 24.3 Å². The number of halogens is 1. The van der Waals surface area contributed by atoms with Crippen molar-refractivity contribution in [1.82, 2.24) is 19.7 Å². The fourth-order valence-corrected chi connectivity index (χ4v) is 6.52. The first-order chi connectivity index (χ1) is 18.5. The van der Waals surface area contributed by atoms with Crippen molar-refractivity contribution in [2.75, 3.05) is 44.6 Å². The lowest BCUT2D eigenvalue weighted by atomic mass is 9.99. The minimum atomic E-state index is 0.0155. The molecule has 2 unspecified atom stereocenters. The van der Waals surface area contributed by atoms with Gasteiger partial charge in [0.05, 0.1) is 5.69 Å². The maximum absolute atomic E-state index is 13.0. The van der Waals surface area contributed by atoms with E-state index >= 15 is 0 Å². The molecule has 1 amide bonds. The number of nitrogens with zero attached hydrogens (tertiary/aromatic N) is 4. The SMILES string of the molecule is CC(Cc1ccccc1)C(=O)N1CCN(Cc2csc(NCC3CCCN3Cc3ccc(Br)cc3)n2)CC1. The lowest BCUT2D eigenvalue weighted by Gasteiger charge is -2.35. The monoisotopic (exact) mass is 595 g/mol. The molecule has 3 aromatic rings. The molecule has 0 spiro atoms. The van der Waals surface area contributed by atoms with E-state index in [4.69, 9.17) is 4.98 Å². The first-order valence-electron chi connectivity index (χ1n) is 13.8. The molecule has 0 bridgehead atoms. The van der Waals surface area contributed by atoms with Crippen LogP contribution < -0.4 is 5.32 Å². The van der Waals surface area contributed by atoms with E-state index in [0.29, 0.717) is 6.04 Å². The Bertz CT molecular complexity index is 1160. The van der Waals surface area contributed by atoms with E-state index in [2.05, 4.69) is 79.7 Å². The summed E-state index contributed by atoms with van der Waals surface area (Å²) in [6.07, 6.45) is 3.29. The Kier molecular flexibility index (Phi) is 9.49. The van der Waals surface area contributed by atoms with Crippen molar-refractivity contribution >= 4 is 38.3 Å². The third-order valence-electron chi connectivity index (χ3n) is 7.71. The van der Waals surface area contributed by atoms with Crippen molar-refractivity contribution in [1.29, 1.82) is 0 Å². The van der Waals surface area contributed by atoms with Gasteiger partial charge in [-0.25, -0.2) is 4.98 Å². The van der Waals surface area contributed by atoms with Crippen LogP contribution in [0.5, 0.6) is 0 Å². The quantitative estimate of drug-likeness (QED) is 0.335. The average Bonchev–Trinajstić information content (AvgIpc) is 3.58. The molecule has 0 saturated carbocycles. The number of aromatic nitrogens is 1. The van der Waals surface area contributed by atoms with Crippen LogP contribution in [0.4, 0.5) is 5.13 Å². The van der Waals surface area contributed by atoms with Gasteiger partial charge in [-0.3, -0.25) is 14.6 Å². The van der Waals surface area contributed by atoms with Gasteiger partial charge in [0, 0.05) is 67.6 Å². The molecular weight excluding hydrogens is 558 g/mol.